The van der Waals surface area contributed by atoms with Crippen molar-refractivity contribution >= 4 is 15.7 Å². The van der Waals surface area contributed by atoms with Gasteiger partial charge in [-0.1, -0.05) is 13.8 Å². The molecule has 0 aromatic carbocycles. The molecule has 152 valence electrons. The molecule has 2 fully saturated rings. The lowest BCUT2D eigenvalue weighted by Crippen LogP contribution is -2.48. The minimum absolute atomic E-state index is 0.0249. The number of rotatable bonds is 5. The molecule has 0 N–H and O–H groups in total. The second-order valence-electron chi connectivity index (χ2n) is 8.52. The van der Waals surface area contributed by atoms with Crippen LogP contribution in [0.5, 0.6) is 0 Å². The number of carbonyl (C=O) groups excluding carboxylic acids is 1. The van der Waals surface area contributed by atoms with Gasteiger partial charge in [-0.3, -0.25) is 9.48 Å². The first-order valence-electron chi connectivity index (χ1n) is 9.93. The van der Waals surface area contributed by atoms with Gasteiger partial charge in [0.15, 0.2) is 15.5 Å². The Morgan fingerprint density at radius 2 is 2.04 bits per heavy atom. The highest BCUT2D eigenvalue weighted by Gasteiger charge is 2.34. The van der Waals surface area contributed by atoms with Gasteiger partial charge < -0.3 is 9.80 Å². The monoisotopic (exact) mass is 396 g/mol. The molecule has 0 bridgehead atoms. The van der Waals surface area contributed by atoms with Crippen LogP contribution in [0.25, 0.3) is 0 Å². The first-order valence-corrected chi connectivity index (χ1v) is 11.8. The Labute approximate surface area is 162 Å². The van der Waals surface area contributed by atoms with Gasteiger partial charge in [-0.05, 0) is 51.8 Å². The van der Waals surface area contributed by atoms with Crippen molar-refractivity contribution in [1.82, 2.24) is 19.6 Å². The van der Waals surface area contributed by atoms with E-state index in [1.54, 1.807) is 0 Å². The summed E-state index contributed by atoms with van der Waals surface area (Å²) in [6.45, 7) is 5.73. The average molecular weight is 397 g/mol. The molecule has 0 unspecified atom stereocenters. The molecule has 3 heterocycles. The third-order valence-electron chi connectivity index (χ3n) is 5.59. The number of nitrogens with zero attached hydrogens (tertiary/aromatic N) is 4. The Bertz CT molecular complexity index is 785. The number of hydrogen-bond acceptors (Lipinski definition) is 5. The molecule has 2 aliphatic rings. The third kappa shape index (κ3) is 4.54. The molecule has 0 saturated carbocycles. The van der Waals surface area contributed by atoms with Crippen LogP contribution in [0.3, 0.4) is 0 Å². The van der Waals surface area contributed by atoms with Crippen molar-refractivity contribution in [2.75, 3.05) is 38.7 Å². The lowest BCUT2D eigenvalue weighted by Gasteiger charge is -2.36. The molecule has 0 spiro atoms. The van der Waals surface area contributed by atoms with Crippen LogP contribution in [0.1, 0.15) is 67.7 Å². The van der Waals surface area contributed by atoms with Crippen LogP contribution >= 0.6 is 0 Å². The Morgan fingerprint density at radius 3 is 2.63 bits per heavy atom. The summed E-state index contributed by atoms with van der Waals surface area (Å²) < 4.78 is 25.6. The quantitative estimate of drug-likeness (QED) is 0.760. The molecule has 0 aliphatic carbocycles. The van der Waals surface area contributed by atoms with Crippen LogP contribution < -0.4 is 0 Å². The number of likely N-dealkylation sites (N-methyl/N-ethyl adjacent to an activating group) is 1. The van der Waals surface area contributed by atoms with E-state index in [-0.39, 0.29) is 35.4 Å². The molecule has 3 rings (SSSR count). The lowest BCUT2D eigenvalue weighted by molar-refractivity contribution is 0.0567. The molecule has 8 heteroatoms. The minimum Gasteiger partial charge on any atom is -0.333 e. The van der Waals surface area contributed by atoms with E-state index in [4.69, 9.17) is 0 Å². The first-order chi connectivity index (χ1) is 12.7. The van der Waals surface area contributed by atoms with Crippen molar-refractivity contribution in [2.45, 2.75) is 57.5 Å². The van der Waals surface area contributed by atoms with Gasteiger partial charge in [-0.25, -0.2) is 8.42 Å². The van der Waals surface area contributed by atoms with Crippen LogP contribution in [0.2, 0.25) is 0 Å². The summed E-state index contributed by atoms with van der Waals surface area (Å²) in [5.41, 5.74) is 1.40. The molecule has 2 saturated heterocycles. The van der Waals surface area contributed by atoms with Crippen LogP contribution in [-0.4, -0.2) is 78.6 Å². The van der Waals surface area contributed by atoms with E-state index in [0.29, 0.717) is 12.1 Å². The zero-order valence-corrected chi connectivity index (χ0v) is 17.7. The van der Waals surface area contributed by atoms with Gasteiger partial charge in [0.2, 0.25) is 0 Å². The summed E-state index contributed by atoms with van der Waals surface area (Å²) in [5.74, 6) is 0.481. The number of aromatic nitrogens is 2. The Morgan fingerprint density at radius 1 is 1.30 bits per heavy atom. The van der Waals surface area contributed by atoms with E-state index in [9.17, 15) is 13.2 Å². The largest absolute Gasteiger partial charge is 0.333 e. The lowest BCUT2D eigenvalue weighted by atomic mass is 10.0. The summed E-state index contributed by atoms with van der Waals surface area (Å²) in [5, 5.41) is 4.62. The zero-order chi connectivity index (χ0) is 19.8. The van der Waals surface area contributed by atoms with Gasteiger partial charge >= 0.3 is 0 Å². The summed E-state index contributed by atoms with van der Waals surface area (Å²) in [6.07, 6.45) is 3.76. The fourth-order valence-electron chi connectivity index (χ4n) is 4.23. The summed E-state index contributed by atoms with van der Waals surface area (Å²) in [6, 6.07) is 1.92. The molecule has 27 heavy (non-hydrogen) atoms. The van der Waals surface area contributed by atoms with Gasteiger partial charge in [-0.15, -0.1) is 0 Å². The van der Waals surface area contributed by atoms with E-state index in [2.05, 4.69) is 23.8 Å². The summed E-state index contributed by atoms with van der Waals surface area (Å²) in [4.78, 5) is 17.3. The number of likely N-dealkylation sites (tertiary alicyclic amines) is 1. The molecular weight excluding hydrogens is 364 g/mol. The fraction of sp³-hybridized carbons (Fsp3) is 0.789. The molecule has 0 radical (unpaired) electrons. The van der Waals surface area contributed by atoms with E-state index >= 15 is 0 Å². The molecule has 2 atom stereocenters. The zero-order valence-electron chi connectivity index (χ0n) is 16.9. The highest BCUT2D eigenvalue weighted by atomic mass is 32.2. The smallest absolute Gasteiger partial charge is 0.274 e. The molecular formula is C19H32N4O3S. The van der Waals surface area contributed by atoms with Crippen molar-refractivity contribution in [3.63, 3.8) is 0 Å². The predicted octanol–water partition coefficient (Wildman–Crippen LogP) is 1.92. The van der Waals surface area contributed by atoms with Crippen molar-refractivity contribution in [1.29, 1.82) is 0 Å². The van der Waals surface area contributed by atoms with Crippen molar-refractivity contribution in [2.24, 2.45) is 0 Å². The van der Waals surface area contributed by atoms with E-state index in [0.717, 1.165) is 38.0 Å². The van der Waals surface area contributed by atoms with Gasteiger partial charge in [0.25, 0.3) is 5.91 Å². The summed E-state index contributed by atoms with van der Waals surface area (Å²) in [7, 11) is 1.06. The Hall–Kier alpha value is -1.41. The van der Waals surface area contributed by atoms with Crippen molar-refractivity contribution < 1.29 is 13.2 Å². The molecule has 1 amide bonds. The van der Waals surface area contributed by atoms with Crippen LogP contribution in [0.4, 0.5) is 0 Å². The Balaban J connectivity index is 1.87. The maximum Gasteiger partial charge on any atom is 0.274 e. The number of carbonyl (C=O) groups is 1. The van der Waals surface area contributed by atoms with Crippen LogP contribution in [0.15, 0.2) is 6.07 Å². The summed E-state index contributed by atoms with van der Waals surface area (Å²) >= 11 is 0. The minimum atomic E-state index is -3.00. The highest BCUT2D eigenvalue weighted by molar-refractivity contribution is 7.91. The molecule has 1 aromatic heterocycles. The fourth-order valence-corrected chi connectivity index (χ4v) is 5.92. The first kappa shape index (κ1) is 20.3. The SMILES string of the molecule is CC(C)c1cc(C(=O)N2CCCC[C@H]2CN(C)C)nn1[C@H]1CCS(=O)(=O)C1. The number of sulfone groups is 1. The van der Waals surface area contributed by atoms with Crippen molar-refractivity contribution in [3.05, 3.63) is 17.5 Å². The van der Waals surface area contributed by atoms with E-state index < -0.39 is 9.84 Å². The molecule has 1 aromatic rings. The van der Waals surface area contributed by atoms with E-state index in [1.165, 1.54) is 0 Å². The number of amides is 1. The molecule has 7 nitrogen and oxygen atoms in total. The molecule has 2 aliphatic heterocycles. The third-order valence-corrected chi connectivity index (χ3v) is 7.34. The second kappa shape index (κ2) is 7.91. The second-order valence-corrected chi connectivity index (χ2v) is 10.7. The highest BCUT2D eigenvalue weighted by Crippen LogP contribution is 2.29. The number of piperidine rings is 1. The van der Waals surface area contributed by atoms with Crippen LogP contribution in [-0.2, 0) is 9.84 Å². The van der Waals surface area contributed by atoms with Gasteiger partial charge in [0.05, 0.1) is 17.5 Å². The Kier molecular flexibility index (Phi) is 5.96. The van der Waals surface area contributed by atoms with Crippen molar-refractivity contribution in [3.8, 4) is 0 Å². The van der Waals surface area contributed by atoms with E-state index in [1.807, 2.05) is 29.7 Å². The van der Waals surface area contributed by atoms with Gasteiger partial charge in [-0.2, -0.15) is 5.10 Å². The average Bonchev–Trinajstić information content (AvgIpc) is 3.17. The number of hydrogen-bond donors (Lipinski definition) is 0. The standard InChI is InChI=1S/C19H32N4O3S/c1-14(2)18-11-17(20-23(18)16-8-10-27(25,26)13-16)19(24)22-9-6-5-7-15(22)12-21(3)4/h11,14-16H,5-10,12-13H2,1-4H3/t15-,16-/m0/s1. The van der Waals surface area contributed by atoms with Crippen LogP contribution in [0, 0.1) is 0 Å². The maximum atomic E-state index is 13.2. The van der Waals surface area contributed by atoms with Gasteiger partial charge in [0.1, 0.15) is 0 Å². The van der Waals surface area contributed by atoms with Gasteiger partial charge in [0, 0.05) is 24.8 Å². The maximum absolute atomic E-state index is 13.2. The topological polar surface area (TPSA) is 75.5 Å². The predicted molar refractivity (Wildman–Crippen MR) is 106 cm³/mol. The normalized spacial score (nSPS) is 25.5.